The number of anilines is 1. The number of aryl methyl sites for hydroxylation is 1. The Labute approximate surface area is 293 Å². The number of benzene rings is 2. The van der Waals surface area contributed by atoms with Crippen LogP contribution < -0.4 is 19.7 Å². The smallest absolute Gasteiger partial charge is 0.407 e. The number of carbonyl (C=O) groups excluding carboxylic acids is 2. The second kappa shape index (κ2) is 18.1. The van der Waals surface area contributed by atoms with Crippen LogP contribution in [0.15, 0.2) is 53.4 Å². The van der Waals surface area contributed by atoms with E-state index in [1.807, 2.05) is 51.1 Å². The summed E-state index contributed by atoms with van der Waals surface area (Å²) in [6.45, 7) is 12.5. The number of alkyl carbamates (subject to hydrolysis) is 1. The zero-order chi connectivity index (χ0) is 34.7. The molecule has 0 radical (unpaired) electrons. The fourth-order valence-electron chi connectivity index (χ4n) is 6.14. The van der Waals surface area contributed by atoms with Crippen LogP contribution in [0.2, 0.25) is 5.02 Å². The number of halogens is 1. The van der Waals surface area contributed by atoms with E-state index in [1.165, 1.54) is 11.1 Å². The minimum absolute atomic E-state index is 0.0225. The van der Waals surface area contributed by atoms with Gasteiger partial charge in [-0.2, -0.15) is 0 Å². The monoisotopic (exact) mass is 701 g/mol. The van der Waals surface area contributed by atoms with Crippen molar-refractivity contribution in [3.8, 4) is 5.75 Å². The van der Waals surface area contributed by atoms with Crippen molar-refractivity contribution in [1.29, 1.82) is 0 Å². The van der Waals surface area contributed by atoms with Crippen LogP contribution in [0.3, 0.4) is 0 Å². The van der Waals surface area contributed by atoms with Gasteiger partial charge in [-0.15, -0.1) is 0 Å². The summed E-state index contributed by atoms with van der Waals surface area (Å²) < 4.78 is 33.5. The normalized spacial score (nSPS) is 18.5. The van der Waals surface area contributed by atoms with Crippen LogP contribution in [-0.4, -0.2) is 60.8 Å². The lowest BCUT2D eigenvalue weighted by Gasteiger charge is -2.32. The van der Waals surface area contributed by atoms with Crippen LogP contribution in [-0.2, 0) is 31.7 Å². The van der Waals surface area contributed by atoms with Gasteiger partial charge in [0.1, 0.15) is 11.9 Å². The van der Waals surface area contributed by atoms with E-state index in [2.05, 4.69) is 40.9 Å². The molecule has 1 heterocycles. The third-order valence-electron chi connectivity index (χ3n) is 8.95. The SMILES string of the molecule is CCCc1cc(Cl)ccc1C1COc2ccc(S(=O)NC=O)cc2N(CCC(CC)C(/C=C/COC(C)(C)C)OC(=O)NC2CCC2)C1. The van der Waals surface area contributed by atoms with Gasteiger partial charge in [0.15, 0.2) is 11.0 Å². The Bertz CT molecular complexity index is 1430. The molecule has 1 aliphatic carbocycles. The molecule has 2 aromatic rings. The molecule has 2 N–H and O–H groups in total. The van der Waals surface area contributed by atoms with Gasteiger partial charge in [0.25, 0.3) is 0 Å². The summed E-state index contributed by atoms with van der Waals surface area (Å²) in [5.41, 5.74) is 2.94. The molecule has 0 spiro atoms. The van der Waals surface area contributed by atoms with E-state index in [0.29, 0.717) is 48.4 Å². The number of hydrogen-bond donors (Lipinski definition) is 2. The van der Waals surface area contributed by atoms with Crippen molar-refractivity contribution < 1.29 is 28.0 Å². The summed E-state index contributed by atoms with van der Waals surface area (Å²) in [4.78, 5) is 26.8. The zero-order valence-corrected chi connectivity index (χ0v) is 30.5. The molecule has 1 aliphatic heterocycles. The topological polar surface area (TPSA) is 106 Å². The fraction of sp³-hybridized carbons (Fsp3) is 0.568. The molecule has 1 fully saturated rings. The third kappa shape index (κ3) is 11.0. The maximum atomic E-state index is 13.0. The highest BCUT2D eigenvalue weighted by molar-refractivity contribution is 7.83. The van der Waals surface area contributed by atoms with Gasteiger partial charge in [-0.25, -0.2) is 9.00 Å². The lowest BCUT2D eigenvalue weighted by Crippen LogP contribution is -2.42. The van der Waals surface area contributed by atoms with E-state index >= 15 is 0 Å². The number of ether oxygens (including phenoxy) is 3. The number of amides is 2. The van der Waals surface area contributed by atoms with Gasteiger partial charge in [0, 0.05) is 36.0 Å². The lowest BCUT2D eigenvalue weighted by atomic mass is 9.91. The number of nitrogens with one attached hydrogen (secondary N) is 2. The first-order valence-corrected chi connectivity index (χ1v) is 18.7. The highest BCUT2D eigenvalue weighted by Crippen LogP contribution is 2.38. The van der Waals surface area contributed by atoms with E-state index in [-0.39, 0.29) is 29.6 Å². The Morgan fingerprint density at radius 1 is 1.19 bits per heavy atom. The largest absolute Gasteiger partial charge is 0.491 e. The van der Waals surface area contributed by atoms with Crippen molar-refractivity contribution in [2.45, 2.75) is 108 Å². The molecule has 0 aromatic heterocycles. The van der Waals surface area contributed by atoms with E-state index < -0.39 is 17.1 Å². The van der Waals surface area contributed by atoms with Gasteiger partial charge in [0.2, 0.25) is 6.41 Å². The number of carbonyl (C=O) groups is 2. The molecule has 4 rings (SSSR count). The molecule has 2 aromatic carbocycles. The summed E-state index contributed by atoms with van der Waals surface area (Å²) >= 11 is 6.42. The average Bonchev–Trinajstić information content (AvgIpc) is 3.20. The molecule has 2 aliphatic rings. The number of nitrogens with zero attached hydrogens (tertiary/aromatic N) is 1. The number of fused-ring (bicyclic) bond motifs is 1. The van der Waals surface area contributed by atoms with Crippen LogP contribution in [0.4, 0.5) is 10.5 Å². The van der Waals surface area contributed by atoms with Crippen molar-refractivity contribution in [1.82, 2.24) is 10.0 Å². The van der Waals surface area contributed by atoms with Crippen LogP contribution in [0.25, 0.3) is 0 Å². The van der Waals surface area contributed by atoms with Gasteiger partial charge in [-0.05, 0) is 107 Å². The van der Waals surface area contributed by atoms with Crippen molar-refractivity contribution in [2.75, 3.05) is 31.2 Å². The Morgan fingerprint density at radius 2 is 1.98 bits per heavy atom. The quantitative estimate of drug-likeness (QED) is 0.138. The van der Waals surface area contributed by atoms with Gasteiger partial charge in [-0.1, -0.05) is 44.0 Å². The maximum absolute atomic E-state index is 13.0. The lowest BCUT2D eigenvalue weighted by molar-refractivity contribution is -0.108. The molecular formula is C37H52ClN3O6S. The first-order valence-electron chi connectivity index (χ1n) is 17.2. The molecule has 11 heteroatoms. The average molecular weight is 702 g/mol. The van der Waals surface area contributed by atoms with Gasteiger partial charge in [-0.3, -0.25) is 9.52 Å². The summed E-state index contributed by atoms with van der Waals surface area (Å²) in [7, 11) is -1.70. The molecule has 48 heavy (non-hydrogen) atoms. The summed E-state index contributed by atoms with van der Waals surface area (Å²) in [5, 5.41) is 3.73. The maximum Gasteiger partial charge on any atom is 0.407 e. The molecule has 0 bridgehead atoms. The van der Waals surface area contributed by atoms with Crippen LogP contribution in [0.1, 0.15) is 90.2 Å². The van der Waals surface area contributed by atoms with E-state index in [4.69, 9.17) is 25.8 Å². The summed E-state index contributed by atoms with van der Waals surface area (Å²) in [6.07, 6.45) is 9.99. The Balaban J connectivity index is 1.61. The second-order valence-electron chi connectivity index (χ2n) is 13.6. The Kier molecular flexibility index (Phi) is 14.2. The highest BCUT2D eigenvalue weighted by atomic mass is 35.5. The summed E-state index contributed by atoms with van der Waals surface area (Å²) in [5.74, 6) is 0.762. The zero-order valence-electron chi connectivity index (χ0n) is 29.0. The van der Waals surface area contributed by atoms with Crippen LogP contribution in [0, 0.1) is 5.92 Å². The van der Waals surface area contributed by atoms with Crippen molar-refractivity contribution in [3.63, 3.8) is 0 Å². The van der Waals surface area contributed by atoms with Crippen molar-refractivity contribution in [2.24, 2.45) is 5.92 Å². The van der Waals surface area contributed by atoms with E-state index in [1.54, 1.807) is 6.07 Å². The minimum Gasteiger partial charge on any atom is -0.491 e. The molecule has 1 saturated carbocycles. The number of rotatable bonds is 16. The summed E-state index contributed by atoms with van der Waals surface area (Å²) in [6, 6.07) is 11.6. The standard InChI is InChI=1S/C37H52ClN3O6S/c1-6-10-27-21-29(38)14-16-32(27)28-23-41(33-22-31(48(44)39-25-42)15-17-35(33)45-24-28)19-18-26(7-2)34(13-9-20-46-37(3,4)5)47-36(43)40-30-11-8-12-30/h9,13-17,21-22,25-26,28,30,34H,6-8,10-12,18-20,23-24H2,1-5H3,(H,39,42)(H,40,43)/b13-9+. The molecule has 0 saturated heterocycles. The van der Waals surface area contributed by atoms with Crippen molar-refractivity contribution >= 4 is 40.8 Å². The Morgan fingerprint density at radius 3 is 2.65 bits per heavy atom. The molecule has 264 valence electrons. The molecule has 4 atom stereocenters. The van der Waals surface area contributed by atoms with E-state index in [9.17, 15) is 13.8 Å². The predicted molar refractivity (Wildman–Crippen MR) is 192 cm³/mol. The second-order valence-corrected chi connectivity index (χ2v) is 15.3. The van der Waals surface area contributed by atoms with E-state index in [0.717, 1.165) is 50.6 Å². The number of hydrogen-bond acceptors (Lipinski definition) is 7. The van der Waals surface area contributed by atoms with Gasteiger partial charge < -0.3 is 24.4 Å². The van der Waals surface area contributed by atoms with Gasteiger partial charge >= 0.3 is 6.09 Å². The molecular weight excluding hydrogens is 650 g/mol. The molecule has 4 unspecified atom stereocenters. The molecule has 9 nitrogen and oxygen atoms in total. The first-order chi connectivity index (χ1) is 23.0. The highest BCUT2D eigenvalue weighted by Gasteiger charge is 2.30. The predicted octanol–water partition coefficient (Wildman–Crippen LogP) is 7.48. The van der Waals surface area contributed by atoms with Crippen LogP contribution >= 0.6 is 11.6 Å². The van der Waals surface area contributed by atoms with Gasteiger partial charge in [0.05, 0.1) is 29.4 Å². The third-order valence-corrected chi connectivity index (χ3v) is 10.2. The first kappa shape index (κ1) is 37.7. The minimum atomic E-state index is -1.70. The van der Waals surface area contributed by atoms with Crippen LogP contribution in [0.5, 0.6) is 5.75 Å². The fourth-order valence-corrected chi connectivity index (χ4v) is 6.97. The molecule has 2 amide bonds. The van der Waals surface area contributed by atoms with Crippen molar-refractivity contribution in [3.05, 3.63) is 64.7 Å². The Hall–Kier alpha value is -3.08.